The summed E-state index contributed by atoms with van der Waals surface area (Å²) in [6, 6.07) is 3.79. The van der Waals surface area contributed by atoms with Crippen LogP contribution in [0.15, 0.2) is 36.4 Å². The number of carbonyl (C=O) groups excluding carboxylic acids is 4. The summed E-state index contributed by atoms with van der Waals surface area (Å²) in [7, 11) is 0. The Labute approximate surface area is 155 Å². The van der Waals surface area contributed by atoms with Gasteiger partial charge in [0.1, 0.15) is 11.9 Å². The molecule has 140 valence electrons. The molecule has 1 aliphatic heterocycles. The lowest BCUT2D eigenvalue weighted by atomic mass is 9.85. The van der Waals surface area contributed by atoms with E-state index in [4.69, 9.17) is 4.74 Å². The van der Waals surface area contributed by atoms with E-state index in [1.165, 1.54) is 19.1 Å². The van der Waals surface area contributed by atoms with Gasteiger partial charge >= 0.3 is 5.97 Å². The second-order valence-electron chi connectivity index (χ2n) is 7.26. The van der Waals surface area contributed by atoms with E-state index in [0.29, 0.717) is 0 Å². The van der Waals surface area contributed by atoms with Crippen molar-refractivity contribution in [1.29, 1.82) is 0 Å². The molecule has 1 saturated carbocycles. The third-order valence-corrected chi connectivity index (χ3v) is 5.74. The van der Waals surface area contributed by atoms with Gasteiger partial charge in [0.2, 0.25) is 11.8 Å². The van der Waals surface area contributed by atoms with Crippen molar-refractivity contribution in [2.24, 2.45) is 23.7 Å². The number of Topliss-reactive ketones (excluding diaryl/α,β-unsaturated/α-hetero) is 1. The van der Waals surface area contributed by atoms with Gasteiger partial charge in [-0.15, -0.1) is 0 Å². The molecule has 4 rings (SSSR count). The molecule has 2 bridgehead atoms. The van der Waals surface area contributed by atoms with Gasteiger partial charge in [-0.3, -0.25) is 19.3 Å². The monoisotopic (exact) mass is 371 g/mol. The second-order valence-corrected chi connectivity index (χ2v) is 7.26. The number of ketones is 1. The molecule has 2 aliphatic carbocycles. The van der Waals surface area contributed by atoms with Crippen LogP contribution in [-0.2, 0) is 19.1 Å². The summed E-state index contributed by atoms with van der Waals surface area (Å²) >= 11 is 0. The highest BCUT2D eigenvalue weighted by Gasteiger charge is 2.60. The summed E-state index contributed by atoms with van der Waals surface area (Å²) in [5.41, 5.74) is 0.211. The minimum Gasteiger partial charge on any atom is -0.456 e. The van der Waals surface area contributed by atoms with Crippen molar-refractivity contribution in [3.63, 3.8) is 0 Å². The Bertz CT molecular complexity index is 832. The summed E-state index contributed by atoms with van der Waals surface area (Å²) in [5, 5.41) is 0. The van der Waals surface area contributed by atoms with Gasteiger partial charge in [-0.05, 0) is 49.4 Å². The first-order chi connectivity index (χ1) is 12.9. The largest absolute Gasteiger partial charge is 0.456 e. The van der Waals surface area contributed by atoms with Crippen LogP contribution in [0.4, 0.5) is 4.39 Å². The van der Waals surface area contributed by atoms with Gasteiger partial charge in [-0.25, -0.2) is 9.18 Å². The Morgan fingerprint density at radius 2 is 1.67 bits per heavy atom. The highest BCUT2D eigenvalue weighted by Crippen LogP contribution is 2.52. The second kappa shape index (κ2) is 6.40. The Morgan fingerprint density at radius 1 is 1.11 bits per heavy atom. The molecule has 6 nitrogen and oxygen atoms in total. The number of nitrogens with zero attached hydrogens (tertiary/aromatic N) is 1. The standard InChI is InChI=1S/C20H18FNO5/c1-10(20(26)27-9-15(23)11-4-6-14(21)7-5-11)22-18(24)16-12-2-3-13(8-12)17(16)19(22)25/h2-7,10,12-13,16-17H,8-9H2,1H3/t10-,12+,13+,16+,17+/m1/s1. The molecule has 0 unspecified atom stereocenters. The van der Waals surface area contributed by atoms with E-state index in [9.17, 15) is 23.6 Å². The predicted molar refractivity (Wildman–Crippen MR) is 90.7 cm³/mol. The molecule has 1 heterocycles. The van der Waals surface area contributed by atoms with Gasteiger partial charge in [0.05, 0.1) is 11.8 Å². The van der Waals surface area contributed by atoms with Gasteiger partial charge in [-0.2, -0.15) is 0 Å². The van der Waals surface area contributed by atoms with E-state index in [1.54, 1.807) is 0 Å². The van der Waals surface area contributed by atoms with Gasteiger partial charge in [0, 0.05) is 5.56 Å². The summed E-state index contributed by atoms with van der Waals surface area (Å²) in [6.07, 6.45) is 4.77. The molecule has 7 heteroatoms. The number of likely N-dealkylation sites (tertiary alicyclic amines) is 1. The van der Waals surface area contributed by atoms with Gasteiger partial charge < -0.3 is 4.74 Å². The van der Waals surface area contributed by atoms with E-state index in [1.807, 2.05) is 12.2 Å². The number of rotatable bonds is 5. The molecule has 1 aromatic rings. The maximum Gasteiger partial charge on any atom is 0.329 e. The Hall–Kier alpha value is -2.83. The van der Waals surface area contributed by atoms with E-state index >= 15 is 0 Å². The number of carbonyl (C=O) groups is 4. The van der Waals surface area contributed by atoms with Gasteiger partial charge in [-0.1, -0.05) is 12.2 Å². The number of amides is 2. The molecule has 27 heavy (non-hydrogen) atoms. The molecule has 1 aromatic carbocycles. The summed E-state index contributed by atoms with van der Waals surface area (Å²) in [5.74, 6) is -3.10. The molecular weight excluding hydrogens is 353 g/mol. The average Bonchev–Trinajstić information content (AvgIpc) is 3.33. The van der Waals surface area contributed by atoms with Crippen molar-refractivity contribution in [2.45, 2.75) is 19.4 Å². The van der Waals surface area contributed by atoms with Crippen molar-refractivity contribution >= 4 is 23.6 Å². The average molecular weight is 371 g/mol. The molecule has 0 spiro atoms. The summed E-state index contributed by atoms with van der Waals surface area (Å²) in [4.78, 5) is 50.7. The highest BCUT2D eigenvalue weighted by atomic mass is 19.1. The maximum absolute atomic E-state index is 12.9. The molecule has 5 atom stereocenters. The fourth-order valence-electron chi connectivity index (χ4n) is 4.39. The lowest BCUT2D eigenvalue weighted by Crippen LogP contribution is -2.45. The molecule has 3 aliphatic rings. The minimum atomic E-state index is -1.09. The molecule has 1 saturated heterocycles. The third-order valence-electron chi connectivity index (χ3n) is 5.74. The first kappa shape index (κ1) is 17.6. The van der Waals surface area contributed by atoms with Crippen LogP contribution >= 0.6 is 0 Å². The molecule has 0 radical (unpaired) electrons. The SMILES string of the molecule is C[C@H](C(=O)OCC(=O)c1ccc(F)cc1)N1C(=O)[C@@H]2[C@@H](C1=O)[C@H]1C=C[C@H]2C1. The number of hydrogen-bond acceptors (Lipinski definition) is 5. The van der Waals surface area contributed by atoms with Gasteiger partial charge in [0.25, 0.3) is 0 Å². The van der Waals surface area contributed by atoms with Crippen LogP contribution < -0.4 is 0 Å². The minimum absolute atomic E-state index is 0.0599. The van der Waals surface area contributed by atoms with Crippen LogP contribution in [0.25, 0.3) is 0 Å². The number of esters is 1. The van der Waals surface area contributed by atoms with E-state index in [2.05, 4.69) is 0 Å². The number of halogens is 1. The van der Waals surface area contributed by atoms with E-state index < -0.39 is 30.2 Å². The Morgan fingerprint density at radius 3 is 2.22 bits per heavy atom. The third kappa shape index (κ3) is 2.78. The zero-order valence-electron chi connectivity index (χ0n) is 14.6. The van der Waals surface area contributed by atoms with E-state index in [-0.39, 0.29) is 41.0 Å². The van der Waals surface area contributed by atoms with Crippen LogP contribution in [0.5, 0.6) is 0 Å². The Kier molecular flexibility index (Phi) is 4.17. The van der Waals surface area contributed by atoms with Crippen molar-refractivity contribution in [2.75, 3.05) is 6.61 Å². The smallest absolute Gasteiger partial charge is 0.329 e. The lowest BCUT2D eigenvalue weighted by Gasteiger charge is -2.23. The normalized spacial score (nSPS) is 29.2. The molecule has 0 aromatic heterocycles. The predicted octanol–water partition coefficient (Wildman–Crippen LogP) is 1.75. The topological polar surface area (TPSA) is 80.8 Å². The molecule has 2 amide bonds. The maximum atomic E-state index is 12.9. The molecule has 2 fully saturated rings. The van der Waals surface area contributed by atoms with Crippen LogP contribution in [0.3, 0.4) is 0 Å². The fourth-order valence-corrected chi connectivity index (χ4v) is 4.39. The lowest BCUT2D eigenvalue weighted by molar-refractivity contribution is -0.157. The summed E-state index contributed by atoms with van der Waals surface area (Å²) < 4.78 is 17.9. The molecule has 0 N–H and O–H groups in total. The zero-order valence-corrected chi connectivity index (χ0v) is 14.6. The van der Waals surface area contributed by atoms with Crippen LogP contribution in [0.1, 0.15) is 23.7 Å². The number of ether oxygens (including phenoxy) is 1. The molecular formula is C20H18FNO5. The highest BCUT2D eigenvalue weighted by molar-refractivity contribution is 6.09. The quantitative estimate of drug-likeness (QED) is 0.341. The number of imide groups is 1. The van der Waals surface area contributed by atoms with Crippen molar-refractivity contribution in [3.05, 3.63) is 47.8 Å². The van der Waals surface area contributed by atoms with Crippen LogP contribution in [0.2, 0.25) is 0 Å². The van der Waals surface area contributed by atoms with E-state index in [0.717, 1.165) is 23.5 Å². The zero-order chi connectivity index (χ0) is 19.3. The fraction of sp³-hybridized carbons (Fsp3) is 0.400. The number of hydrogen-bond donors (Lipinski definition) is 0. The number of allylic oxidation sites excluding steroid dienone is 2. The van der Waals surface area contributed by atoms with Crippen molar-refractivity contribution < 1.29 is 28.3 Å². The van der Waals surface area contributed by atoms with Crippen LogP contribution in [0, 0.1) is 29.5 Å². The van der Waals surface area contributed by atoms with Gasteiger partial charge in [0.15, 0.2) is 12.4 Å². The van der Waals surface area contributed by atoms with Crippen LogP contribution in [-0.4, -0.2) is 41.1 Å². The first-order valence-electron chi connectivity index (χ1n) is 8.89. The summed E-state index contributed by atoms with van der Waals surface area (Å²) in [6.45, 7) is 0.890. The first-order valence-corrected chi connectivity index (χ1v) is 8.89. The van der Waals surface area contributed by atoms with Crippen molar-refractivity contribution in [1.82, 2.24) is 4.90 Å². The van der Waals surface area contributed by atoms with Crippen molar-refractivity contribution in [3.8, 4) is 0 Å². The Balaban J connectivity index is 1.39. The number of fused-ring (bicyclic) bond motifs is 5. The number of benzene rings is 1.